The first-order chi connectivity index (χ1) is 9.76. The van der Waals surface area contributed by atoms with Crippen molar-refractivity contribution in [1.82, 2.24) is 0 Å². The smallest absolute Gasteiger partial charge is 0.000167 e. The van der Waals surface area contributed by atoms with Gasteiger partial charge in [-0.2, -0.15) is 0 Å². The highest BCUT2D eigenvalue weighted by Gasteiger charge is 2.14. The van der Waals surface area contributed by atoms with Crippen LogP contribution in [0.3, 0.4) is 0 Å². The van der Waals surface area contributed by atoms with Gasteiger partial charge in [-0.1, -0.05) is 48.0 Å². The van der Waals surface area contributed by atoms with Crippen molar-refractivity contribution in [3.8, 4) is 0 Å². The van der Waals surface area contributed by atoms with E-state index in [1.54, 1.807) is 11.1 Å². The third kappa shape index (κ3) is 2.78. The fourth-order valence-corrected chi connectivity index (χ4v) is 3.30. The predicted octanol–water partition coefficient (Wildman–Crippen LogP) is 3.77. The van der Waals surface area contributed by atoms with Gasteiger partial charge in [0, 0.05) is 5.92 Å². The van der Waals surface area contributed by atoms with Gasteiger partial charge in [-0.25, -0.2) is 0 Å². The number of hydrogen-bond acceptors (Lipinski definition) is 1. The van der Waals surface area contributed by atoms with E-state index in [1.807, 2.05) is 0 Å². The lowest BCUT2D eigenvalue weighted by Crippen LogP contribution is -2.15. The Morgan fingerprint density at radius 2 is 1.90 bits per heavy atom. The molecule has 1 unspecified atom stereocenters. The SMILES string of the molecule is Cc1cccc(C(CN)Cc2ccc3c(c2)CCC3)c1. The molecule has 1 heteroatoms. The Kier molecular flexibility index (Phi) is 3.88. The lowest BCUT2D eigenvalue weighted by atomic mass is 9.90. The second kappa shape index (κ2) is 5.80. The summed E-state index contributed by atoms with van der Waals surface area (Å²) in [4.78, 5) is 0. The van der Waals surface area contributed by atoms with Crippen LogP contribution in [0.4, 0.5) is 0 Å². The molecule has 2 aromatic carbocycles. The first-order valence-electron chi connectivity index (χ1n) is 7.63. The van der Waals surface area contributed by atoms with Crippen LogP contribution in [0.1, 0.15) is 40.2 Å². The molecule has 1 aliphatic carbocycles. The van der Waals surface area contributed by atoms with Crippen molar-refractivity contribution in [3.63, 3.8) is 0 Å². The number of rotatable bonds is 4. The Bertz CT molecular complexity index is 600. The zero-order valence-electron chi connectivity index (χ0n) is 12.2. The molecule has 0 aliphatic heterocycles. The maximum atomic E-state index is 6.02. The Morgan fingerprint density at radius 3 is 2.70 bits per heavy atom. The van der Waals surface area contributed by atoms with Gasteiger partial charge in [0.15, 0.2) is 0 Å². The van der Waals surface area contributed by atoms with Crippen LogP contribution in [0.5, 0.6) is 0 Å². The van der Waals surface area contributed by atoms with E-state index in [-0.39, 0.29) is 0 Å². The third-order valence-corrected chi connectivity index (χ3v) is 4.44. The van der Waals surface area contributed by atoms with Gasteiger partial charge in [-0.15, -0.1) is 0 Å². The van der Waals surface area contributed by atoms with E-state index in [2.05, 4.69) is 49.4 Å². The molecule has 20 heavy (non-hydrogen) atoms. The molecule has 0 radical (unpaired) electrons. The first kappa shape index (κ1) is 13.4. The zero-order valence-corrected chi connectivity index (χ0v) is 12.2. The molecule has 104 valence electrons. The number of benzene rings is 2. The Morgan fingerprint density at radius 1 is 1.05 bits per heavy atom. The van der Waals surface area contributed by atoms with Gasteiger partial charge in [0.2, 0.25) is 0 Å². The Balaban J connectivity index is 1.81. The number of aryl methyl sites for hydroxylation is 3. The molecule has 0 amide bonds. The van der Waals surface area contributed by atoms with Crippen molar-refractivity contribution in [2.24, 2.45) is 5.73 Å². The lowest BCUT2D eigenvalue weighted by Gasteiger charge is -2.16. The van der Waals surface area contributed by atoms with Crippen LogP contribution in [-0.4, -0.2) is 6.54 Å². The van der Waals surface area contributed by atoms with E-state index in [1.165, 1.54) is 36.0 Å². The molecule has 0 bridgehead atoms. The standard InChI is InChI=1S/C19H23N/c1-14-4-2-6-17(10-14)19(13-20)12-15-8-9-16-5-3-7-18(16)11-15/h2,4,6,8-11,19H,3,5,7,12-13,20H2,1H3. The summed E-state index contributed by atoms with van der Waals surface area (Å²) in [5.74, 6) is 0.425. The average Bonchev–Trinajstić information content (AvgIpc) is 2.92. The molecule has 2 aromatic rings. The van der Waals surface area contributed by atoms with Crippen molar-refractivity contribution in [2.75, 3.05) is 6.54 Å². The quantitative estimate of drug-likeness (QED) is 0.894. The van der Waals surface area contributed by atoms with Gasteiger partial charge in [0.1, 0.15) is 0 Å². The minimum Gasteiger partial charge on any atom is -0.330 e. The fraction of sp³-hybridized carbons (Fsp3) is 0.368. The number of hydrogen-bond donors (Lipinski definition) is 1. The van der Waals surface area contributed by atoms with E-state index >= 15 is 0 Å². The minimum atomic E-state index is 0.425. The summed E-state index contributed by atoms with van der Waals surface area (Å²) in [6, 6.07) is 15.8. The third-order valence-electron chi connectivity index (χ3n) is 4.44. The number of fused-ring (bicyclic) bond motifs is 1. The van der Waals surface area contributed by atoms with Crippen LogP contribution >= 0.6 is 0 Å². The first-order valence-corrected chi connectivity index (χ1v) is 7.63. The summed E-state index contributed by atoms with van der Waals surface area (Å²) >= 11 is 0. The van der Waals surface area contributed by atoms with Gasteiger partial charge in [-0.05, 0) is 61.4 Å². The molecule has 0 saturated heterocycles. The van der Waals surface area contributed by atoms with Crippen molar-refractivity contribution in [3.05, 3.63) is 70.3 Å². The summed E-state index contributed by atoms with van der Waals surface area (Å²) in [5, 5.41) is 0. The maximum absolute atomic E-state index is 6.02. The average molecular weight is 265 g/mol. The second-order valence-electron chi connectivity index (χ2n) is 6.01. The van der Waals surface area contributed by atoms with E-state index in [4.69, 9.17) is 5.73 Å². The molecule has 0 aromatic heterocycles. The lowest BCUT2D eigenvalue weighted by molar-refractivity contribution is 0.693. The predicted molar refractivity (Wildman–Crippen MR) is 85.1 cm³/mol. The molecular formula is C19H23N. The molecule has 1 atom stereocenters. The van der Waals surface area contributed by atoms with Gasteiger partial charge in [0.25, 0.3) is 0 Å². The van der Waals surface area contributed by atoms with Crippen LogP contribution in [0, 0.1) is 6.92 Å². The topological polar surface area (TPSA) is 26.0 Å². The fourth-order valence-electron chi connectivity index (χ4n) is 3.30. The molecule has 0 saturated carbocycles. The molecule has 1 aliphatic rings. The summed E-state index contributed by atoms with van der Waals surface area (Å²) < 4.78 is 0. The van der Waals surface area contributed by atoms with Gasteiger partial charge in [-0.3, -0.25) is 0 Å². The summed E-state index contributed by atoms with van der Waals surface area (Å²) in [6.07, 6.45) is 4.87. The molecule has 0 spiro atoms. The molecule has 1 nitrogen and oxygen atoms in total. The van der Waals surface area contributed by atoms with E-state index in [0.717, 1.165) is 6.42 Å². The van der Waals surface area contributed by atoms with E-state index in [9.17, 15) is 0 Å². The van der Waals surface area contributed by atoms with Gasteiger partial charge >= 0.3 is 0 Å². The number of nitrogens with two attached hydrogens (primary N) is 1. The summed E-state index contributed by atoms with van der Waals surface area (Å²) in [7, 11) is 0. The largest absolute Gasteiger partial charge is 0.330 e. The summed E-state index contributed by atoms with van der Waals surface area (Å²) in [6.45, 7) is 2.85. The van der Waals surface area contributed by atoms with Crippen molar-refractivity contribution < 1.29 is 0 Å². The molecular weight excluding hydrogens is 242 g/mol. The zero-order chi connectivity index (χ0) is 13.9. The highest BCUT2D eigenvalue weighted by atomic mass is 14.5. The van der Waals surface area contributed by atoms with Crippen molar-refractivity contribution in [2.45, 2.75) is 38.5 Å². The van der Waals surface area contributed by atoms with Gasteiger partial charge in [0.05, 0.1) is 0 Å². The monoisotopic (exact) mass is 265 g/mol. The highest BCUT2D eigenvalue weighted by molar-refractivity contribution is 5.36. The Labute approximate surface area is 121 Å². The highest BCUT2D eigenvalue weighted by Crippen LogP contribution is 2.26. The summed E-state index contributed by atoms with van der Waals surface area (Å²) in [5.41, 5.74) is 13.2. The van der Waals surface area contributed by atoms with Crippen LogP contribution in [0.25, 0.3) is 0 Å². The van der Waals surface area contributed by atoms with Crippen molar-refractivity contribution in [1.29, 1.82) is 0 Å². The van der Waals surface area contributed by atoms with Crippen LogP contribution < -0.4 is 5.73 Å². The normalized spacial score (nSPS) is 15.1. The van der Waals surface area contributed by atoms with Crippen molar-refractivity contribution >= 4 is 0 Å². The maximum Gasteiger partial charge on any atom is 0.000167 e. The Hall–Kier alpha value is -1.60. The molecule has 0 heterocycles. The second-order valence-corrected chi connectivity index (χ2v) is 6.01. The van der Waals surface area contributed by atoms with Crippen LogP contribution in [0.15, 0.2) is 42.5 Å². The minimum absolute atomic E-state index is 0.425. The molecule has 3 rings (SSSR count). The van der Waals surface area contributed by atoms with Crippen LogP contribution in [0.2, 0.25) is 0 Å². The van der Waals surface area contributed by atoms with E-state index < -0.39 is 0 Å². The molecule has 2 N–H and O–H groups in total. The van der Waals surface area contributed by atoms with E-state index in [0.29, 0.717) is 12.5 Å². The van der Waals surface area contributed by atoms with Crippen LogP contribution in [-0.2, 0) is 19.3 Å². The molecule has 0 fully saturated rings. The van der Waals surface area contributed by atoms with Gasteiger partial charge < -0.3 is 5.73 Å².